The van der Waals surface area contributed by atoms with Gasteiger partial charge >= 0.3 is 0 Å². The lowest BCUT2D eigenvalue weighted by molar-refractivity contribution is 0.372. The molecule has 0 aromatic rings. The lowest BCUT2D eigenvalue weighted by atomic mass is 10.5. The molecule has 7 rings (SSSR count). The molecule has 7 heterocycles. The molecule has 168 valence electrons. The zero-order valence-electron chi connectivity index (χ0n) is 17.1. The van der Waals surface area contributed by atoms with Crippen LogP contribution in [0.15, 0.2) is 4.52 Å². The Kier molecular flexibility index (Phi) is 5.33. The molecule has 0 radical (unpaired) electrons. The molecule has 8 atom stereocenters. The number of rotatable bonds is 12. The van der Waals surface area contributed by atoms with E-state index in [9.17, 15) is 0 Å². The summed E-state index contributed by atoms with van der Waals surface area (Å²) in [6, 6.07) is 0. The summed E-state index contributed by atoms with van der Waals surface area (Å²) in [5.41, 5.74) is 0. The minimum atomic E-state index is -1.74. The Morgan fingerprint density at radius 3 is 1.70 bits per heavy atom. The average Bonchev–Trinajstić information content (AvgIpc) is 3.51. The van der Waals surface area contributed by atoms with E-state index in [1.54, 1.807) is 0 Å². The molecule has 8 unspecified atom stereocenters. The second-order valence-electron chi connectivity index (χ2n) is 9.28. The number of hydrogen-bond acceptors (Lipinski definition) is 9. The van der Waals surface area contributed by atoms with E-state index in [1.807, 2.05) is 0 Å². The van der Waals surface area contributed by atoms with Gasteiger partial charge in [-0.25, -0.2) is 13.4 Å². The molecule has 12 heteroatoms. The van der Waals surface area contributed by atoms with Gasteiger partial charge in [-0.05, 0) is 0 Å². The fraction of sp³-hybridized carbons (Fsp3) is 1.00. The molecule has 6 fully saturated rings. The van der Waals surface area contributed by atoms with E-state index in [4.69, 9.17) is 32.9 Å². The van der Waals surface area contributed by atoms with Crippen LogP contribution in [0.1, 0.15) is 0 Å². The van der Waals surface area contributed by atoms with Gasteiger partial charge in [0.05, 0.1) is 92.7 Å². The molecule has 30 heavy (non-hydrogen) atoms. The van der Waals surface area contributed by atoms with Gasteiger partial charge in [0.2, 0.25) is 0 Å². The van der Waals surface area contributed by atoms with E-state index in [1.165, 1.54) is 0 Å². The fourth-order valence-corrected chi connectivity index (χ4v) is 18.2. The summed E-state index contributed by atoms with van der Waals surface area (Å²) < 4.78 is 45.8. The Morgan fingerprint density at radius 1 is 0.667 bits per heavy atom. The number of ether oxygens (including phenoxy) is 6. The third kappa shape index (κ3) is 4.83. The fourth-order valence-electron chi connectivity index (χ4n) is 4.23. The van der Waals surface area contributed by atoms with Crippen molar-refractivity contribution in [3.8, 4) is 0 Å². The first-order valence-electron chi connectivity index (χ1n) is 11.1. The van der Waals surface area contributed by atoms with Gasteiger partial charge < -0.3 is 28.4 Å². The van der Waals surface area contributed by atoms with Gasteiger partial charge in [-0.15, -0.1) is 0 Å². The van der Waals surface area contributed by atoms with Crippen LogP contribution in [0.2, 0.25) is 0 Å². The monoisotopic (exact) mass is 477 g/mol. The van der Waals surface area contributed by atoms with Gasteiger partial charge in [0, 0.05) is 44.9 Å². The summed E-state index contributed by atoms with van der Waals surface area (Å²) in [5, 5.41) is 0. The molecule has 9 nitrogen and oxygen atoms in total. The second-order valence-corrected chi connectivity index (χ2v) is 17.3. The summed E-state index contributed by atoms with van der Waals surface area (Å²) in [5.74, 6) is 0. The Morgan fingerprint density at radius 2 is 1.17 bits per heavy atom. The standard InChI is InChI=1S/C18H30N3O6P3/c1(13-3-22-13)20-28(9-15-5-24-15)19-30(11-17-7-26-17,12-18-8-27-18)21(2-14-4-23-14)29(20)10-16-6-25-16/h13-18H,1-12H2. The molecule has 0 amide bonds. The quantitative estimate of drug-likeness (QED) is 0.310. The van der Waals surface area contributed by atoms with Crippen LogP contribution in [-0.4, -0.2) is 123 Å². The largest absolute Gasteiger partial charge is 0.373 e. The highest BCUT2D eigenvalue weighted by molar-refractivity contribution is 7.84. The van der Waals surface area contributed by atoms with E-state index >= 15 is 0 Å². The molecule has 7 aliphatic heterocycles. The second kappa shape index (κ2) is 7.92. The highest BCUT2D eigenvalue weighted by Crippen LogP contribution is 2.79. The number of epoxide rings is 6. The Hall–Kier alpha value is 0.770. The molecule has 0 aromatic heterocycles. The normalized spacial score (nSPS) is 51.3. The van der Waals surface area contributed by atoms with E-state index in [2.05, 4.69) is 8.88 Å². The zero-order valence-corrected chi connectivity index (χ0v) is 19.8. The lowest BCUT2D eigenvalue weighted by Crippen LogP contribution is -2.37. The van der Waals surface area contributed by atoms with Crippen LogP contribution < -0.4 is 0 Å². The predicted octanol–water partition coefficient (Wildman–Crippen LogP) is 1.74. The van der Waals surface area contributed by atoms with Crippen LogP contribution >= 0.6 is 23.7 Å². The van der Waals surface area contributed by atoms with E-state index in [-0.39, 0.29) is 0 Å². The smallest absolute Gasteiger partial charge is 0.0963 e. The van der Waals surface area contributed by atoms with Crippen molar-refractivity contribution in [2.75, 3.05) is 77.4 Å². The molecule has 0 saturated carbocycles. The maximum atomic E-state index is 5.81. The van der Waals surface area contributed by atoms with Crippen molar-refractivity contribution < 1.29 is 28.4 Å². The summed E-state index contributed by atoms with van der Waals surface area (Å²) in [4.78, 5) is 0. The van der Waals surface area contributed by atoms with Gasteiger partial charge in [0.1, 0.15) is 0 Å². The zero-order chi connectivity index (χ0) is 19.7. The van der Waals surface area contributed by atoms with Crippen molar-refractivity contribution in [2.24, 2.45) is 4.52 Å². The molecule has 0 spiro atoms. The van der Waals surface area contributed by atoms with Crippen LogP contribution in [-0.2, 0) is 28.4 Å². The van der Waals surface area contributed by atoms with Crippen LogP contribution in [0, 0.1) is 0 Å². The van der Waals surface area contributed by atoms with Crippen molar-refractivity contribution >= 4 is 23.7 Å². The van der Waals surface area contributed by atoms with Crippen molar-refractivity contribution in [3.05, 3.63) is 0 Å². The third-order valence-electron chi connectivity index (χ3n) is 6.37. The minimum absolute atomic E-state index is 0.361. The topological polar surface area (TPSA) is 94.0 Å². The number of nitrogens with zero attached hydrogens (tertiary/aromatic N) is 3. The Bertz CT molecular complexity index is 706. The highest BCUT2D eigenvalue weighted by Gasteiger charge is 2.53. The van der Waals surface area contributed by atoms with Gasteiger partial charge in [0.25, 0.3) is 0 Å². The molecule has 0 bridgehead atoms. The van der Waals surface area contributed by atoms with Crippen LogP contribution in [0.5, 0.6) is 0 Å². The molecule has 6 saturated heterocycles. The van der Waals surface area contributed by atoms with Crippen LogP contribution in [0.3, 0.4) is 0 Å². The molecule has 0 aromatic carbocycles. The average molecular weight is 477 g/mol. The van der Waals surface area contributed by atoms with Crippen LogP contribution in [0.4, 0.5) is 0 Å². The molecule has 0 aliphatic carbocycles. The first-order valence-corrected chi connectivity index (χ1v) is 16.1. The van der Waals surface area contributed by atoms with Crippen molar-refractivity contribution in [1.82, 2.24) is 8.88 Å². The van der Waals surface area contributed by atoms with Gasteiger partial charge in [-0.2, -0.15) is 0 Å². The first-order chi connectivity index (χ1) is 14.7. The molecule has 7 aliphatic rings. The summed E-state index contributed by atoms with van der Waals surface area (Å²) in [7, 11) is -2.82. The van der Waals surface area contributed by atoms with Crippen molar-refractivity contribution in [1.29, 1.82) is 0 Å². The molecule has 0 N–H and O–H groups in total. The van der Waals surface area contributed by atoms with E-state index in [0.717, 1.165) is 77.4 Å². The Balaban J connectivity index is 1.28. The SMILES string of the molecule is C1OC1CN1P(CC2CO2)N=P(CC2CO2)(CC2CO2)N(CC2CO2)P1CC1CO1. The van der Waals surface area contributed by atoms with E-state index < -0.39 is 23.7 Å². The summed E-state index contributed by atoms with van der Waals surface area (Å²) >= 11 is 0. The van der Waals surface area contributed by atoms with Gasteiger partial charge in [0.15, 0.2) is 0 Å². The lowest BCUT2D eigenvalue weighted by Gasteiger charge is -2.51. The van der Waals surface area contributed by atoms with Gasteiger partial charge in [-0.3, -0.25) is 0 Å². The van der Waals surface area contributed by atoms with E-state index in [0.29, 0.717) is 36.6 Å². The maximum Gasteiger partial charge on any atom is 0.0963 e. The summed E-state index contributed by atoms with van der Waals surface area (Å²) in [6.45, 7) is 7.37. The summed E-state index contributed by atoms with van der Waals surface area (Å²) in [6.07, 6.45) is 6.65. The van der Waals surface area contributed by atoms with Crippen molar-refractivity contribution in [2.45, 2.75) is 36.6 Å². The molecular formula is C18H30N3O6P3. The van der Waals surface area contributed by atoms with Gasteiger partial charge in [-0.1, -0.05) is 0 Å². The van der Waals surface area contributed by atoms with Crippen LogP contribution in [0.25, 0.3) is 0 Å². The third-order valence-corrected chi connectivity index (χ3v) is 18.0. The maximum absolute atomic E-state index is 5.81. The predicted molar refractivity (Wildman–Crippen MR) is 115 cm³/mol. The Labute approximate surface area is 179 Å². The van der Waals surface area contributed by atoms with Crippen molar-refractivity contribution in [3.63, 3.8) is 0 Å². The number of hydrogen-bond donors (Lipinski definition) is 0. The highest BCUT2D eigenvalue weighted by atomic mass is 31.3. The minimum Gasteiger partial charge on any atom is -0.373 e. The molecular weight excluding hydrogens is 447 g/mol. The first kappa shape index (κ1) is 20.2.